The molecule has 1 aromatic heterocycles. The first-order valence-electron chi connectivity index (χ1n) is 12.3. The summed E-state index contributed by atoms with van der Waals surface area (Å²) >= 11 is 1.24. The summed E-state index contributed by atoms with van der Waals surface area (Å²) in [5, 5.41) is 3.37. The van der Waals surface area contributed by atoms with Crippen LogP contribution in [0.4, 0.5) is 0 Å². The van der Waals surface area contributed by atoms with E-state index in [1.165, 1.54) is 11.3 Å². The number of hydrogen-bond acceptors (Lipinski definition) is 6. The summed E-state index contributed by atoms with van der Waals surface area (Å²) in [4.78, 5) is 32.6. The summed E-state index contributed by atoms with van der Waals surface area (Å²) in [6.07, 6.45) is 11.0. The summed E-state index contributed by atoms with van der Waals surface area (Å²) in [6.45, 7) is 6.75. The van der Waals surface area contributed by atoms with Gasteiger partial charge in [-0.25, -0.2) is 4.98 Å². The quantitative estimate of drug-likeness (QED) is 0.506. The van der Waals surface area contributed by atoms with E-state index in [9.17, 15) is 9.59 Å². The SMILES string of the molecule is CCCC1C=CC(NC(=O)c2cc(Oc3nc4c(s3)C(=O)N(C)CCC4)cc(OC(C)C)c2)=CC1. The van der Waals surface area contributed by atoms with Crippen LogP contribution in [0.15, 0.2) is 42.1 Å². The fourth-order valence-electron chi connectivity index (χ4n) is 4.22. The van der Waals surface area contributed by atoms with Gasteiger partial charge in [-0.15, -0.1) is 0 Å². The molecule has 2 heterocycles. The lowest BCUT2D eigenvalue weighted by atomic mass is 9.95. The first kappa shape index (κ1) is 25.0. The molecular weight excluding hydrogens is 462 g/mol. The molecule has 1 atom stereocenters. The molecule has 0 spiro atoms. The number of aromatic nitrogens is 1. The smallest absolute Gasteiger partial charge is 0.279 e. The van der Waals surface area contributed by atoms with Crippen molar-refractivity contribution in [1.82, 2.24) is 15.2 Å². The second-order valence-electron chi connectivity index (χ2n) is 9.30. The molecule has 7 nitrogen and oxygen atoms in total. The van der Waals surface area contributed by atoms with Crippen molar-refractivity contribution in [2.45, 2.75) is 59.0 Å². The maximum absolute atomic E-state index is 13.1. The number of benzene rings is 1. The first-order valence-corrected chi connectivity index (χ1v) is 13.1. The third-order valence-electron chi connectivity index (χ3n) is 5.95. The van der Waals surface area contributed by atoms with Crippen molar-refractivity contribution in [2.24, 2.45) is 5.92 Å². The van der Waals surface area contributed by atoms with Gasteiger partial charge in [-0.05, 0) is 63.7 Å². The highest BCUT2D eigenvalue weighted by atomic mass is 32.1. The molecule has 2 aromatic rings. The second-order valence-corrected chi connectivity index (χ2v) is 10.3. The minimum atomic E-state index is -0.236. The summed E-state index contributed by atoms with van der Waals surface area (Å²) in [5.74, 6) is 1.24. The Hall–Kier alpha value is -3.13. The van der Waals surface area contributed by atoms with Crippen LogP contribution in [0.2, 0.25) is 0 Å². The molecule has 0 fully saturated rings. The average molecular weight is 496 g/mol. The minimum Gasteiger partial charge on any atom is -0.491 e. The van der Waals surface area contributed by atoms with Gasteiger partial charge in [0.2, 0.25) is 0 Å². The summed E-state index contributed by atoms with van der Waals surface area (Å²) in [6, 6.07) is 5.13. The average Bonchev–Trinajstić information content (AvgIpc) is 3.16. The number of amides is 2. The number of rotatable bonds is 8. The monoisotopic (exact) mass is 495 g/mol. The van der Waals surface area contributed by atoms with Gasteiger partial charge >= 0.3 is 0 Å². The van der Waals surface area contributed by atoms with Crippen LogP contribution < -0.4 is 14.8 Å². The number of fused-ring (bicyclic) bond motifs is 1. The van der Waals surface area contributed by atoms with Crippen LogP contribution in [0.1, 0.15) is 72.2 Å². The fourth-order valence-corrected chi connectivity index (χ4v) is 5.19. The Bertz CT molecular complexity index is 1150. The van der Waals surface area contributed by atoms with Gasteiger partial charge in [-0.2, -0.15) is 0 Å². The lowest BCUT2D eigenvalue weighted by molar-refractivity contribution is 0.0804. The van der Waals surface area contributed by atoms with Crippen LogP contribution in [0.3, 0.4) is 0 Å². The van der Waals surface area contributed by atoms with Gasteiger partial charge in [-0.1, -0.05) is 36.8 Å². The molecule has 0 bridgehead atoms. The van der Waals surface area contributed by atoms with E-state index in [1.54, 1.807) is 30.1 Å². The summed E-state index contributed by atoms with van der Waals surface area (Å²) in [7, 11) is 1.80. The normalized spacial score (nSPS) is 17.6. The van der Waals surface area contributed by atoms with Gasteiger partial charge in [0, 0.05) is 30.9 Å². The predicted octanol–water partition coefficient (Wildman–Crippen LogP) is 5.73. The van der Waals surface area contributed by atoms with Crippen molar-refractivity contribution < 1.29 is 19.1 Å². The lowest BCUT2D eigenvalue weighted by Crippen LogP contribution is -2.25. The van der Waals surface area contributed by atoms with Crippen molar-refractivity contribution in [2.75, 3.05) is 13.6 Å². The van der Waals surface area contributed by atoms with E-state index >= 15 is 0 Å². The zero-order chi connectivity index (χ0) is 24.9. The second kappa shape index (κ2) is 11.1. The van der Waals surface area contributed by atoms with Gasteiger partial charge < -0.3 is 19.7 Å². The van der Waals surface area contributed by atoms with E-state index in [2.05, 4.69) is 29.4 Å². The van der Waals surface area contributed by atoms with E-state index in [0.717, 1.165) is 50.0 Å². The maximum atomic E-state index is 13.1. The molecule has 1 aliphatic carbocycles. The van der Waals surface area contributed by atoms with E-state index < -0.39 is 0 Å². The number of allylic oxidation sites excluding steroid dienone is 3. The van der Waals surface area contributed by atoms with E-state index in [1.807, 2.05) is 19.9 Å². The lowest BCUT2D eigenvalue weighted by Gasteiger charge is -2.17. The van der Waals surface area contributed by atoms with Crippen LogP contribution >= 0.6 is 11.3 Å². The Morgan fingerprint density at radius 1 is 1.29 bits per heavy atom. The maximum Gasteiger partial charge on any atom is 0.279 e. The molecule has 186 valence electrons. The van der Waals surface area contributed by atoms with Crippen LogP contribution in [0.5, 0.6) is 16.7 Å². The Balaban J connectivity index is 1.54. The molecular formula is C27H33N3O4S. The number of ether oxygens (including phenoxy) is 2. The molecule has 8 heteroatoms. The van der Waals surface area contributed by atoms with Crippen LogP contribution in [-0.2, 0) is 6.42 Å². The summed E-state index contributed by atoms with van der Waals surface area (Å²) in [5.41, 5.74) is 1.99. The molecule has 2 aliphatic rings. The summed E-state index contributed by atoms with van der Waals surface area (Å²) < 4.78 is 11.9. The Morgan fingerprint density at radius 2 is 2.09 bits per heavy atom. The number of carbonyl (C=O) groups is 2. The molecule has 1 aliphatic heterocycles. The minimum absolute atomic E-state index is 0.0307. The van der Waals surface area contributed by atoms with Crippen molar-refractivity contribution in [3.63, 3.8) is 0 Å². The van der Waals surface area contributed by atoms with Gasteiger partial charge in [0.25, 0.3) is 17.0 Å². The van der Waals surface area contributed by atoms with Gasteiger partial charge in [0.05, 0.1) is 11.8 Å². The Morgan fingerprint density at radius 3 is 2.80 bits per heavy atom. The number of aryl methyl sites for hydroxylation is 1. The third-order valence-corrected chi connectivity index (χ3v) is 6.91. The van der Waals surface area contributed by atoms with Crippen molar-refractivity contribution in [3.05, 3.63) is 58.3 Å². The topological polar surface area (TPSA) is 80.8 Å². The highest BCUT2D eigenvalue weighted by Gasteiger charge is 2.25. The zero-order valence-electron chi connectivity index (χ0n) is 20.8. The van der Waals surface area contributed by atoms with Crippen molar-refractivity contribution in [1.29, 1.82) is 0 Å². The number of thiazole rings is 1. The standard InChI is InChI=1S/C27H33N3O4S/c1-5-7-18-9-11-20(12-10-18)28-25(31)19-14-21(33-17(2)3)16-22(15-19)34-27-29-23-8-6-13-30(4)26(32)24(23)35-27/h9,11-12,14-18H,5-8,10,13H2,1-4H3,(H,28,31). The van der Waals surface area contributed by atoms with Gasteiger partial charge in [0.15, 0.2) is 0 Å². The largest absolute Gasteiger partial charge is 0.491 e. The van der Waals surface area contributed by atoms with Crippen molar-refractivity contribution in [3.8, 4) is 16.7 Å². The number of hydrogen-bond donors (Lipinski definition) is 1. The van der Waals surface area contributed by atoms with Gasteiger partial charge in [0.1, 0.15) is 16.4 Å². The Labute approximate surface area is 210 Å². The third kappa shape index (κ3) is 6.31. The molecule has 1 N–H and O–H groups in total. The molecule has 2 amide bonds. The molecule has 0 saturated heterocycles. The highest BCUT2D eigenvalue weighted by Crippen LogP contribution is 2.34. The fraction of sp³-hybridized carbons (Fsp3) is 0.444. The van der Waals surface area contributed by atoms with E-state index in [-0.39, 0.29) is 17.9 Å². The predicted molar refractivity (Wildman–Crippen MR) is 137 cm³/mol. The van der Waals surface area contributed by atoms with Crippen LogP contribution in [-0.4, -0.2) is 41.4 Å². The molecule has 4 rings (SSSR count). The zero-order valence-corrected chi connectivity index (χ0v) is 21.6. The molecule has 0 saturated carbocycles. The number of nitrogens with zero attached hydrogens (tertiary/aromatic N) is 2. The van der Waals surface area contributed by atoms with Crippen LogP contribution in [0.25, 0.3) is 0 Å². The molecule has 1 aromatic carbocycles. The highest BCUT2D eigenvalue weighted by molar-refractivity contribution is 7.15. The van der Waals surface area contributed by atoms with E-state index in [0.29, 0.717) is 33.1 Å². The Kier molecular flexibility index (Phi) is 7.90. The van der Waals surface area contributed by atoms with Crippen LogP contribution in [0, 0.1) is 5.92 Å². The number of carbonyl (C=O) groups excluding carboxylic acids is 2. The van der Waals surface area contributed by atoms with Crippen molar-refractivity contribution >= 4 is 23.2 Å². The molecule has 0 radical (unpaired) electrons. The molecule has 1 unspecified atom stereocenters. The number of nitrogens with one attached hydrogen (secondary N) is 1. The van der Waals surface area contributed by atoms with E-state index in [4.69, 9.17) is 9.47 Å². The van der Waals surface area contributed by atoms with Gasteiger partial charge in [-0.3, -0.25) is 9.59 Å². The first-order chi connectivity index (χ1) is 16.8. The molecule has 35 heavy (non-hydrogen) atoms.